The summed E-state index contributed by atoms with van der Waals surface area (Å²) in [4.78, 5) is 0. The van der Waals surface area contributed by atoms with Crippen LogP contribution in [0, 0.1) is 28.5 Å². The molecule has 0 fully saturated rings. The summed E-state index contributed by atoms with van der Waals surface area (Å²) < 4.78 is 18.9. The second-order valence-electron chi connectivity index (χ2n) is 4.23. The smallest absolute Gasteiger partial charge is 0.130 e. The minimum atomic E-state index is -0.301. The fourth-order valence-corrected chi connectivity index (χ4v) is 1.69. The molecule has 2 aromatic carbocycles. The van der Waals surface area contributed by atoms with Gasteiger partial charge in [-0.05, 0) is 29.8 Å². The van der Waals surface area contributed by atoms with Gasteiger partial charge in [-0.25, -0.2) is 4.39 Å². The first kappa shape index (κ1) is 14.3. The normalized spacial score (nSPS) is 9.29. The third-order valence-corrected chi connectivity index (χ3v) is 2.78. The van der Waals surface area contributed by atoms with Crippen molar-refractivity contribution in [1.29, 1.82) is 10.5 Å². The molecule has 4 heteroatoms. The zero-order chi connectivity index (χ0) is 15.1. The third kappa shape index (κ3) is 3.92. The van der Waals surface area contributed by atoms with Crippen molar-refractivity contribution >= 4 is 6.08 Å². The van der Waals surface area contributed by atoms with E-state index in [1.807, 2.05) is 0 Å². The number of allylic oxidation sites excluding steroid dienone is 1. The number of benzene rings is 2. The number of halogens is 1. The maximum Gasteiger partial charge on any atom is 0.130 e. The molecule has 0 bridgehead atoms. The number of nitriles is 2. The highest BCUT2D eigenvalue weighted by Gasteiger charge is 2.02. The first-order valence-corrected chi connectivity index (χ1v) is 6.21. The highest BCUT2D eigenvalue weighted by Crippen LogP contribution is 2.17. The molecule has 0 spiro atoms. The Morgan fingerprint density at radius 1 is 1.05 bits per heavy atom. The second kappa shape index (κ2) is 6.88. The highest BCUT2D eigenvalue weighted by atomic mass is 19.1. The van der Waals surface area contributed by atoms with Crippen molar-refractivity contribution in [3.8, 4) is 17.9 Å². The Balaban J connectivity index is 2.04. The molecule has 2 aromatic rings. The van der Waals surface area contributed by atoms with Gasteiger partial charge in [-0.15, -0.1) is 0 Å². The molecule has 0 saturated carbocycles. The Kier molecular flexibility index (Phi) is 4.69. The molecule has 2 rings (SSSR count). The summed E-state index contributed by atoms with van der Waals surface area (Å²) in [6.45, 7) is 0.142. The van der Waals surface area contributed by atoms with Crippen LogP contribution in [0.4, 0.5) is 4.39 Å². The van der Waals surface area contributed by atoms with Crippen molar-refractivity contribution in [3.63, 3.8) is 0 Å². The van der Waals surface area contributed by atoms with Crippen LogP contribution in [0.25, 0.3) is 6.08 Å². The summed E-state index contributed by atoms with van der Waals surface area (Å²) in [5.41, 5.74) is 1.25. The van der Waals surface area contributed by atoms with Gasteiger partial charge in [0.05, 0.1) is 0 Å². The van der Waals surface area contributed by atoms with Crippen LogP contribution >= 0.6 is 0 Å². The van der Waals surface area contributed by atoms with E-state index in [0.29, 0.717) is 11.3 Å². The number of hydrogen-bond acceptors (Lipinski definition) is 3. The van der Waals surface area contributed by atoms with Gasteiger partial charge in [-0.3, -0.25) is 0 Å². The number of hydrogen-bond donors (Lipinski definition) is 0. The van der Waals surface area contributed by atoms with E-state index in [1.54, 1.807) is 54.6 Å². The molecule has 3 nitrogen and oxygen atoms in total. The molecule has 0 aliphatic carbocycles. The summed E-state index contributed by atoms with van der Waals surface area (Å²) >= 11 is 0. The maximum absolute atomic E-state index is 13.4. The molecule has 0 saturated heterocycles. The van der Waals surface area contributed by atoms with Crippen LogP contribution in [0.15, 0.2) is 54.1 Å². The number of nitrogens with zero attached hydrogens (tertiary/aromatic N) is 2. The quantitative estimate of drug-likeness (QED) is 0.798. The van der Waals surface area contributed by atoms with Crippen molar-refractivity contribution in [2.45, 2.75) is 6.61 Å². The molecular formula is C17H11FN2O. The molecule has 0 amide bonds. The number of rotatable bonds is 4. The molecule has 0 unspecified atom stereocenters. The van der Waals surface area contributed by atoms with Crippen LogP contribution in [-0.2, 0) is 6.61 Å². The van der Waals surface area contributed by atoms with Crippen molar-refractivity contribution in [1.82, 2.24) is 0 Å². The Morgan fingerprint density at radius 3 is 2.33 bits per heavy atom. The molecule has 102 valence electrons. The lowest BCUT2D eigenvalue weighted by Gasteiger charge is -2.07. The van der Waals surface area contributed by atoms with Gasteiger partial charge < -0.3 is 4.74 Å². The fourth-order valence-electron chi connectivity index (χ4n) is 1.69. The third-order valence-electron chi connectivity index (χ3n) is 2.78. The largest absolute Gasteiger partial charge is 0.489 e. The Bertz CT molecular complexity index is 721. The molecule has 0 aliphatic rings. The minimum Gasteiger partial charge on any atom is -0.489 e. The minimum absolute atomic E-state index is 0.0371. The van der Waals surface area contributed by atoms with Gasteiger partial charge in [0.15, 0.2) is 0 Å². The van der Waals surface area contributed by atoms with E-state index >= 15 is 0 Å². The average molecular weight is 278 g/mol. The summed E-state index contributed by atoms with van der Waals surface area (Å²) in [5.74, 6) is 0.288. The van der Waals surface area contributed by atoms with Crippen molar-refractivity contribution < 1.29 is 9.13 Å². The van der Waals surface area contributed by atoms with Crippen molar-refractivity contribution in [3.05, 3.63) is 71.0 Å². The van der Waals surface area contributed by atoms with Gasteiger partial charge in [0.2, 0.25) is 0 Å². The molecule has 0 N–H and O–H groups in total. The van der Waals surface area contributed by atoms with Crippen LogP contribution in [0.2, 0.25) is 0 Å². The zero-order valence-corrected chi connectivity index (χ0v) is 11.1. The molecule has 0 heterocycles. The van der Waals surface area contributed by atoms with Gasteiger partial charge in [0, 0.05) is 5.56 Å². The molecule has 0 aromatic heterocycles. The number of ether oxygens (including phenoxy) is 1. The van der Waals surface area contributed by atoms with Gasteiger partial charge >= 0.3 is 0 Å². The average Bonchev–Trinajstić information content (AvgIpc) is 2.53. The first-order valence-electron chi connectivity index (χ1n) is 6.21. The topological polar surface area (TPSA) is 56.8 Å². The SMILES string of the molecule is N#CC(C#N)=Cc1ccc(OCc2ccccc2F)cc1. The van der Waals surface area contributed by atoms with Crippen LogP contribution in [0.3, 0.4) is 0 Å². The van der Waals surface area contributed by atoms with E-state index in [9.17, 15) is 4.39 Å². The van der Waals surface area contributed by atoms with Gasteiger partial charge in [0.1, 0.15) is 35.9 Å². The summed E-state index contributed by atoms with van der Waals surface area (Å²) in [7, 11) is 0. The Morgan fingerprint density at radius 2 is 1.71 bits per heavy atom. The van der Waals surface area contributed by atoms with Crippen LogP contribution in [0.5, 0.6) is 5.75 Å². The van der Waals surface area contributed by atoms with Crippen LogP contribution < -0.4 is 4.74 Å². The van der Waals surface area contributed by atoms with E-state index < -0.39 is 0 Å². The highest BCUT2D eigenvalue weighted by molar-refractivity contribution is 5.62. The van der Waals surface area contributed by atoms with Crippen molar-refractivity contribution in [2.75, 3.05) is 0 Å². The summed E-state index contributed by atoms with van der Waals surface area (Å²) in [6, 6.07) is 16.9. The molecule has 21 heavy (non-hydrogen) atoms. The predicted octanol–water partition coefficient (Wildman–Crippen LogP) is 3.84. The second-order valence-corrected chi connectivity index (χ2v) is 4.23. The monoisotopic (exact) mass is 278 g/mol. The molecule has 0 radical (unpaired) electrons. The lowest BCUT2D eigenvalue weighted by molar-refractivity contribution is 0.300. The first-order chi connectivity index (χ1) is 10.2. The van der Waals surface area contributed by atoms with Crippen LogP contribution in [0.1, 0.15) is 11.1 Å². The molecular weight excluding hydrogens is 267 g/mol. The van der Waals surface area contributed by atoms with E-state index in [0.717, 1.165) is 5.56 Å². The summed E-state index contributed by atoms with van der Waals surface area (Å²) in [6.07, 6.45) is 1.49. The molecule has 0 aliphatic heterocycles. The van der Waals surface area contributed by atoms with E-state index in [1.165, 1.54) is 12.1 Å². The van der Waals surface area contributed by atoms with Gasteiger partial charge in [0.25, 0.3) is 0 Å². The Labute approximate surface area is 122 Å². The predicted molar refractivity (Wildman–Crippen MR) is 76.4 cm³/mol. The Hall–Kier alpha value is -3.11. The lowest BCUT2D eigenvalue weighted by atomic mass is 10.1. The van der Waals surface area contributed by atoms with E-state index in [4.69, 9.17) is 15.3 Å². The lowest BCUT2D eigenvalue weighted by Crippen LogP contribution is -1.98. The van der Waals surface area contributed by atoms with E-state index in [-0.39, 0.29) is 18.0 Å². The van der Waals surface area contributed by atoms with Gasteiger partial charge in [-0.1, -0.05) is 30.3 Å². The van der Waals surface area contributed by atoms with Gasteiger partial charge in [-0.2, -0.15) is 10.5 Å². The maximum atomic E-state index is 13.4. The summed E-state index contributed by atoms with van der Waals surface area (Å²) in [5, 5.41) is 17.4. The fraction of sp³-hybridized carbons (Fsp3) is 0.0588. The zero-order valence-electron chi connectivity index (χ0n) is 11.1. The van der Waals surface area contributed by atoms with Crippen LogP contribution in [-0.4, -0.2) is 0 Å². The standard InChI is InChI=1S/C17H11FN2O/c18-17-4-2-1-3-15(17)12-21-16-7-5-13(6-8-16)9-14(10-19)11-20/h1-9H,12H2. The van der Waals surface area contributed by atoms with E-state index in [2.05, 4.69) is 0 Å². The van der Waals surface area contributed by atoms with Crippen molar-refractivity contribution in [2.24, 2.45) is 0 Å². The molecule has 0 atom stereocenters.